The Morgan fingerprint density at radius 3 is 3.00 bits per heavy atom. The quantitative estimate of drug-likeness (QED) is 0.665. The third-order valence-corrected chi connectivity index (χ3v) is 5.13. The predicted molar refractivity (Wildman–Crippen MR) is 71.4 cm³/mol. The molecule has 0 aromatic heterocycles. The van der Waals surface area contributed by atoms with E-state index in [4.69, 9.17) is 9.47 Å². The summed E-state index contributed by atoms with van der Waals surface area (Å²) < 4.78 is 11.1. The average Bonchev–Trinajstić information content (AvgIpc) is 3.05. The Balaban J connectivity index is 1.68. The van der Waals surface area contributed by atoms with Crippen molar-refractivity contribution in [2.24, 2.45) is 0 Å². The van der Waals surface area contributed by atoms with E-state index < -0.39 is 0 Å². The highest BCUT2D eigenvalue weighted by Crippen LogP contribution is 2.49. The summed E-state index contributed by atoms with van der Waals surface area (Å²) in [5, 5.41) is 0. The Kier molecular flexibility index (Phi) is 1.92. The van der Waals surface area contributed by atoms with Crippen molar-refractivity contribution < 1.29 is 9.47 Å². The maximum Gasteiger partial charge on any atom is 0.231 e. The Bertz CT molecular complexity index is 593. The zero-order valence-corrected chi connectivity index (χ0v) is 10.9. The number of hydrogen-bond acceptors (Lipinski definition) is 3. The number of ether oxygens (including phenoxy) is 2. The molecule has 3 heteroatoms. The maximum atomic E-state index is 5.56. The molecule has 4 aliphatic rings. The van der Waals surface area contributed by atoms with Crippen LogP contribution in [0.5, 0.6) is 11.5 Å². The van der Waals surface area contributed by atoms with Gasteiger partial charge in [-0.3, -0.25) is 4.90 Å². The van der Waals surface area contributed by atoms with Crippen molar-refractivity contribution in [3.8, 4) is 11.5 Å². The summed E-state index contributed by atoms with van der Waals surface area (Å²) in [5.41, 5.74) is 4.64. The van der Waals surface area contributed by atoms with Crippen molar-refractivity contribution in [1.82, 2.24) is 4.90 Å². The maximum absolute atomic E-state index is 5.56. The minimum Gasteiger partial charge on any atom is -0.454 e. The van der Waals surface area contributed by atoms with E-state index in [1.165, 1.54) is 36.9 Å². The van der Waals surface area contributed by atoms with Crippen molar-refractivity contribution in [2.45, 2.75) is 37.8 Å². The van der Waals surface area contributed by atoms with E-state index in [0.717, 1.165) is 18.0 Å². The van der Waals surface area contributed by atoms with Crippen LogP contribution in [0.4, 0.5) is 0 Å². The molecule has 3 nitrogen and oxygen atoms in total. The predicted octanol–water partition coefficient (Wildman–Crippen LogP) is 2.81. The van der Waals surface area contributed by atoms with Gasteiger partial charge in [0.05, 0.1) is 0 Å². The molecule has 0 amide bonds. The van der Waals surface area contributed by atoms with Crippen LogP contribution in [0.25, 0.3) is 0 Å². The van der Waals surface area contributed by atoms with Crippen LogP contribution < -0.4 is 9.47 Å². The third-order valence-electron chi connectivity index (χ3n) is 5.13. The van der Waals surface area contributed by atoms with Crippen LogP contribution in [0.15, 0.2) is 23.8 Å². The second-order valence-corrected chi connectivity index (χ2v) is 6.03. The number of benzene rings is 1. The fourth-order valence-corrected chi connectivity index (χ4v) is 4.34. The number of nitrogens with zero attached hydrogens (tertiary/aromatic N) is 1. The van der Waals surface area contributed by atoms with Gasteiger partial charge in [-0.15, -0.1) is 0 Å². The van der Waals surface area contributed by atoms with Gasteiger partial charge < -0.3 is 9.47 Å². The zero-order valence-electron chi connectivity index (χ0n) is 10.9. The molecule has 0 bridgehead atoms. The first-order valence-electron chi connectivity index (χ1n) is 7.25. The summed E-state index contributed by atoms with van der Waals surface area (Å²) in [5.74, 6) is 2.55. The molecule has 0 unspecified atom stereocenters. The lowest BCUT2D eigenvalue weighted by molar-refractivity contribution is 0.174. The van der Waals surface area contributed by atoms with E-state index in [2.05, 4.69) is 23.1 Å². The standard InChI is InChI=1S/C16H17NO2/c1-2-10-4-5-17-8-11-6-14-15(19-9-18-14)7-13(11)12(3-1)16(10)17/h2,6-7,12,16H,1,3-5,8-9H2/t12-,16+/m0/s1. The molecule has 5 rings (SSSR count). The van der Waals surface area contributed by atoms with Crippen molar-refractivity contribution >= 4 is 0 Å². The molecular formula is C16H17NO2. The van der Waals surface area contributed by atoms with E-state index in [1.807, 2.05) is 0 Å². The highest BCUT2D eigenvalue weighted by molar-refractivity contribution is 5.52. The topological polar surface area (TPSA) is 21.7 Å². The van der Waals surface area contributed by atoms with Crippen molar-refractivity contribution in [1.29, 1.82) is 0 Å². The summed E-state index contributed by atoms with van der Waals surface area (Å²) in [6, 6.07) is 5.13. The van der Waals surface area contributed by atoms with Crippen molar-refractivity contribution in [3.63, 3.8) is 0 Å². The highest BCUT2D eigenvalue weighted by atomic mass is 16.7. The van der Waals surface area contributed by atoms with Crippen LogP contribution in [-0.4, -0.2) is 24.3 Å². The Morgan fingerprint density at radius 2 is 2.05 bits per heavy atom. The van der Waals surface area contributed by atoms with E-state index in [1.54, 1.807) is 5.57 Å². The molecule has 98 valence electrons. The van der Waals surface area contributed by atoms with Gasteiger partial charge in [0.15, 0.2) is 11.5 Å². The minimum atomic E-state index is 0.376. The normalized spacial score (nSPS) is 30.8. The first-order chi connectivity index (χ1) is 9.40. The molecule has 1 fully saturated rings. The molecule has 2 atom stereocenters. The molecule has 1 aromatic rings. The molecule has 0 spiro atoms. The second-order valence-electron chi connectivity index (χ2n) is 6.03. The molecule has 0 N–H and O–H groups in total. The highest BCUT2D eigenvalue weighted by Gasteiger charge is 2.42. The van der Waals surface area contributed by atoms with Crippen LogP contribution in [0.2, 0.25) is 0 Å². The number of rotatable bonds is 0. The van der Waals surface area contributed by atoms with Crippen LogP contribution >= 0.6 is 0 Å². The number of hydrogen-bond donors (Lipinski definition) is 0. The molecule has 0 saturated carbocycles. The van der Waals surface area contributed by atoms with Crippen LogP contribution in [0.3, 0.4) is 0 Å². The molecular weight excluding hydrogens is 238 g/mol. The number of fused-ring (bicyclic) bond motifs is 3. The summed E-state index contributed by atoms with van der Waals surface area (Å²) in [7, 11) is 0. The SMILES string of the molecule is C1=C2CCN3Cc4cc5c(cc4[C@H](CC1)[C@@H]23)OCO5. The van der Waals surface area contributed by atoms with E-state index in [-0.39, 0.29) is 0 Å². The zero-order chi connectivity index (χ0) is 12.4. The Labute approximate surface area is 112 Å². The summed E-state index contributed by atoms with van der Waals surface area (Å²) >= 11 is 0. The summed E-state index contributed by atoms with van der Waals surface area (Å²) in [6.07, 6.45) is 6.26. The summed E-state index contributed by atoms with van der Waals surface area (Å²) in [6.45, 7) is 2.67. The monoisotopic (exact) mass is 255 g/mol. The Morgan fingerprint density at radius 1 is 1.16 bits per heavy atom. The molecule has 1 aliphatic carbocycles. The average molecular weight is 255 g/mol. The minimum absolute atomic E-state index is 0.376. The molecule has 3 heterocycles. The molecule has 1 aromatic carbocycles. The van der Waals surface area contributed by atoms with Gasteiger partial charge in [0.25, 0.3) is 0 Å². The van der Waals surface area contributed by atoms with Gasteiger partial charge in [-0.05, 0) is 42.5 Å². The van der Waals surface area contributed by atoms with E-state index in [0.29, 0.717) is 18.8 Å². The Hall–Kier alpha value is -1.48. The first kappa shape index (κ1) is 10.3. The van der Waals surface area contributed by atoms with E-state index >= 15 is 0 Å². The lowest BCUT2D eigenvalue weighted by Gasteiger charge is -2.40. The molecule has 3 aliphatic heterocycles. The smallest absolute Gasteiger partial charge is 0.231 e. The lowest BCUT2D eigenvalue weighted by atomic mass is 9.76. The van der Waals surface area contributed by atoms with Crippen LogP contribution in [0, 0.1) is 0 Å². The van der Waals surface area contributed by atoms with Crippen LogP contribution in [-0.2, 0) is 6.54 Å². The fraction of sp³-hybridized carbons (Fsp3) is 0.500. The second kappa shape index (κ2) is 3.54. The van der Waals surface area contributed by atoms with Gasteiger partial charge in [0, 0.05) is 25.0 Å². The van der Waals surface area contributed by atoms with Gasteiger partial charge in [-0.2, -0.15) is 0 Å². The van der Waals surface area contributed by atoms with Crippen molar-refractivity contribution in [3.05, 3.63) is 34.9 Å². The lowest BCUT2D eigenvalue weighted by Crippen LogP contribution is -2.40. The molecule has 0 radical (unpaired) electrons. The van der Waals surface area contributed by atoms with Gasteiger partial charge >= 0.3 is 0 Å². The first-order valence-corrected chi connectivity index (χ1v) is 7.25. The third kappa shape index (κ3) is 1.31. The van der Waals surface area contributed by atoms with Crippen molar-refractivity contribution in [2.75, 3.05) is 13.3 Å². The van der Waals surface area contributed by atoms with Gasteiger partial charge in [-0.25, -0.2) is 0 Å². The van der Waals surface area contributed by atoms with Gasteiger partial charge in [0.2, 0.25) is 6.79 Å². The van der Waals surface area contributed by atoms with Crippen LogP contribution in [0.1, 0.15) is 36.3 Å². The summed E-state index contributed by atoms with van der Waals surface area (Å²) in [4.78, 5) is 2.65. The van der Waals surface area contributed by atoms with E-state index in [9.17, 15) is 0 Å². The fourth-order valence-electron chi connectivity index (χ4n) is 4.34. The van der Waals surface area contributed by atoms with Gasteiger partial charge in [0.1, 0.15) is 0 Å². The number of allylic oxidation sites excluding steroid dienone is 1. The molecule has 1 saturated heterocycles. The van der Waals surface area contributed by atoms with Gasteiger partial charge in [-0.1, -0.05) is 11.6 Å². The molecule has 19 heavy (non-hydrogen) atoms. The largest absolute Gasteiger partial charge is 0.454 e.